The van der Waals surface area contributed by atoms with Gasteiger partial charge in [-0.15, -0.1) is 0 Å². The van der Waals surface area contributed by atoms with Gasteiger partial charge in [0.25, 0.3) is 0 Å². The maximum Gasteiger partial charge on any atom is 0.227 e. The van der Waals surface area contributed by atoms with Gasteiger partial charge in [-0.05, 0) is 29.3 Å². The van der Waals surface area contributed by atoms with Crippen molar-refractivity contribution in [3.05, 3.63) is 22.4 Å². The molecule has 5 heteroatoms. The average Bonchev–Trinajstić information content (AvgIpc) is 2.65. The van der Waals surface area contributed by atoms with Gasteiger partial charge in [0.15, 0.2) is 0 Å². The minimum atomic E-state index is -0.702. The summed E-state index contributed by atoms with van der Waals surface area (Å²) in [4.78, 5) is 21.7. The number of thiophene rings is 1. The van der Waals surface area contributed by atoms with Crippen molar-refractivity contribution in [1.29, 1.82) is 0 Å². The number of Topliss-reactive ketones (excluding diaryl/α,β-unsaturated/α-hetero) is 1. The Kier molecular flexibility index (Phi) is 4.45. The minimum Gasteiger partial charge on any atom is -0.387 e. The summed E-state index contributed by atoms with van der Waals surface area (Å²) in [6.07, 6.45) is -0.830. The van der Waals surface area contributed by atoms with Crippen LogP contribution < -0.4 is 5.32 Å². The lowest BCUT2D eigenvalue weighted by Crippen LogP contribution is -2.29. The first-order valence-electron chi connectivity index (χ1n) is 4.56. The molecule has 4 nitrogen and oxygen atoms in total. The predicted octanol–water partition coefficient (Wildman–Crippen LogP) is 0.877. The third kappa shape index (κ3) is 4.22. The molecular weight excluding hydrogens is 214 g/mol. The molecule has 1 rings (SSSR count). The van der Waals surface area contributed by atoms with Crippen molar-refractivity contribution in [2.24, 2.45) is 0 Å². The predicted molar refractivity (Wildman–Crippen MR) is 57.6 cm³/mol. The van der Waals surface area contributed by atoms with Crippen LogP contribution in [0.3, 0.4) is 0 Å². The molecule has 1 heterocycles. The molecule has 2 N–H and O–H groups in total. The number of hydrogen-bond acceptors (Lipinski definition) is 4. The molecule has 0 aromatic carbocycles. The summed E-state index contributed by atoms with van der Waals surface area (Å²) in [6, 6.07) is 1.80. The zero-order chi connectivity index (χ0) is 11.3. The number of aliphatic hydroxyl groups excluding tert-OH is 1. The fraction of sp³-hybridized carbons (Fsp3) is 0.400. The van der Waals surface area contributed by atoms with Crippen LogP contribution in [0.4, 0.5) is 0 Å². The van der Waals surface area contributed by atoms with Gasteiger partial charge in [0.1, 0.15) is 5.78 Å². The second kappa shape index (κ2) is 5.63. The summed E-state index contributed by atoms with van der Waals surface area (Å²) in [5.41, 5.74) is 0.781. The fourth-order valence-electron chi connectivity index (χ4n) is 1.08. The Balaban J connectivity index is 2.31. The number of ketones is 1. The van der Waals surface area contributed by atoms with Crippen LogP contribution in [0.2, 0.25) is 0 Å². The van der Waals surface area contributed by atoms with Crippen LogP contribution in [-0.4, -0.2) is 23.3 Å². The van der Waals surface area contributed by atoms with Gasteiger partial charge in [-0.25, -0.2) is 0 Å². The number of nitrogens with one attached hydrogen (secondary N) is 1. The lowest BCUT2D eigenvalue weighted by Gasteiger charge is -2.09. The van der Waals surface area contributed by atoms with Crippen LogP contribution >= 0.6 is 11.3 Å². The monoisotopic (exact) mass is 227 g/mol. The number of carbonyl (C=O) groups is 2. The molecule has 0 saturated carbocycles. The van der Waals surface area contributed by atoms with Crippen molar-refractivity contribution >= 4 is 23.0 Å². The van der Waals surface area contributed by atoms with Crippen LogP contribution in [0.15, 0.2) is 16.8 Å². The summed E-state index contributed by atoms with van der Waals surface area (Å²) >= 11 is 1.49. The summed E-state index contributed by atoms with van der Waals surface area (Å²) in [7, 11) is 0. The van der Waals surface area contributed by atoms with Gasteiger partial charge in [-0.3, -0.25) is 9.59 Å². The lowest BCUT2D eigenvalue weighted by molar-refractivity contribution is -0.127. The molecule has 0 bridgehead atoms. The van der Waals surface area contributed by atoms with E-state index < -0.39 is 6.10 Å². The van der Waals surface area contributed by atoms with Crippen molar-refractivity contribution in [2.75, 3.05) is 6.54 Å². The molecular formula is C10H13NO3S. The minimum absolute atomic E-state index is 0.129. The van der Waals surface area contributed by atoms with Gasteiger partial charge in [-0.1, -0.05) is 0 Å². The third-order valence-electron chi connectivity index (χ3n) is 1.83. The number of hydrogen-bond donors (Lipinski definition) is 2. The summed E-state index contributed by atoms with van der Waals surface area (Å²) in [5.74, 6) is -0.533. The van der Waals surface area contributed by atoms with Crippen molar-refractivity contribution < 1.29 is 14.7 Å². The van der Waals surface area contributed by atoms with E-state index in [0.717, 1.165) is 5.56 Å². The highest BCUT2D eigenvalue weighted by molar-refractivity contribution is 7.07. The highest BCUT2D eigenvalue weighted by Gasteiger charge is 2.10. The Morgan fingerprint density at radius 3 is 2.87 bits per heavy atom. The molecule has 15 heavy (non-hydrogen) atoms. The van der Waals surface area contributed by atoms with E-state index in [1.807, 2.05) is 10.8 Å². The van der Waals surface area contributed by atoms with Crippen LogP contribution in [0, 0.1) is 0 Å². The smallest absolute Gasteiger partial charge is 0.227 e. The van der Waals surface area contributed by atoms with E-state index in [1.54, 1.807) is 6.07 Å². The Morgan fingerprint density at radius 2 is 2.33 bits per heavy atom. The Labute approximate surface area is 91.9 Å². The standard InChI is InChI=1S/C10H13NO3S/c1-7(12)4-10(14)11-5-9(13)8-2-3-15-6-8/h2-3,6,9,13H,4-5H2,1H3,(H,11,14). The van der Waals surface area contributed by atoms with Crippen LogP contribution in [0.1, 0.15) is 25.0 Å². The van der Waals surface area contributed by atoms with E-state index >= 15 is 0 Å². The first-order valence-corrected chi connectivity index (χ1v) is 5.50. The quantitative estimate of drug-likeness (QED) is 0.734. The highest BCUT2D eigenvalue weighted by atomic mass is 32.1. The van der Waals surface area contributed by atoms with Gasteiger partial charge in [0.2, 0.25) is 5.91 Å². The summed E-state index contributed by atoms with van der Waals surface area (Å²) in [6.45, 7) is 1.50. The molecule has 0 aliphatic carbocycles. The normalized spacial score (nSPS) is 12.1. The van der Waals surface area contributed by atoms with Crippen LogP contribution in [0.5, 0.6) is 0 Å². The molecule has 82 valence electrons. The third-order valence-corrected chi connectivity index (χ3v) is 2.53. The Morgan fingerprint density at radius 1 is 1.60 bits per heavy atom. The van der Waals surface area contributed by atoms with Crippen molar-refractivity contribution in [2.45, 2.75) is 19.4 Å². The van der Waals surface area contributed by atoms with Crippen molar-refractivity contribution in [3.8, 4) is 0 Å². The van der Waals surface area contributed by atoms with Crippen molar-refractivity contribution in [3.63, 3.8) is 0 Å². The van der Waals surface area contributed by atoms with E-state index in [2.05, 4.69) is 5.32 Å². The Hall–Kier alpha value is -1.20. The average molecular weight is 227 g/mol. The first-order chi connectivity index (χ1) is 7.09. The van der Waals surface area contributed by atoms with Gasteiger partial charge in [0.05, 0.1) is 12.5 Å². The zero-order valence-corrected chi connectivity index (χ0v) is 9.21. The molecule has 0 aliphatic rings. The lowest BCUT2D eigenvalue weighted by atomic mass is 10.2. The van der Waals surface area contributed by atoms with Crippen LogP contribution in [-0.2, 0) is 9.59 Å². The molecule has 0 fully saturated rings. The maximum atomic E-state index is 11.1. The number of rotatable bonds is 5. The maximum absolute atomic E-state index is 11.1. The molecule has 0 spiro atoms. The van der Waals surface area contributed by atoms with Gasteiger partial charge in [-0.2, -0.15) is 11.3 Å². The van der Waals surface area contributed by atoms with Crippen LogP contribution in [0.25, 0.3) is 0 Å². The highest BCUT2D eigenvalue weighted by Crippen LogP contribution is 2.14. The van der Waals surface area contributed by atoms with Crippen molar-refractivity contribution in [1.82, 2.24) is 5.32 Å². The second-order valence-corrected chi connectivity index (χ2v) is 4.04. The molecule has 1 aromatic rings. The van der Waals surface area contributed by atoms with Gasteiger partial charge in [0, 0.05) is 6.54 Å². The molecule has 0 saturated heterocycles. The topological polar surface area (TPSA) is 66.4 Å². The largest absolute Gasteiger partial charge is 0.387 e. The van der Waals surface area contributed by atoms with Gasteiger partial charge >= 0.3 is 0 Å². The molecule has 1 atom stereocenters. The van der Waals surface area contributed by atoms with E-state index in [9.17, 15) is 14.7 Å². The van der Waals surface area contributed by atoms with E-state index in [1.165, 1.54) is 18.3 Å². The Bertz CT molecular complexity index is 334. The van der Waals surface area contributed by atoms with E-state index in [4.69, 9.17) is 0 Å². The van der Waals surface area contributed by atoms with E-state index in [0.29, 0.717) is 0 Å². The number of amides is 1. The van der Waals surface area contributed by atoms with E-state index in [-0.39, 0.29) is 24.7 Å². The molecule has 0 radical (unpaired) electrons. The molecule has 1 aromatic heterocycles. The first kappa shape index (κ1) is 11.9. The van der Waals surface area contributed by atoms with Gasteiger partial charge < -0.3 is 10.4 Å². The fourth-order valence-corrected chi connectivity index (χ4v) is 1.79. The summed E-state index contributed by atoms with van der Waals surface area (Å²) in [5, 5.41) is 15.8. The molecule has 0 aliphatic heterocycles. The second-order valence-electron chi connectivity index (χ2n) is 3.26. The zero-order valence-electron chi connectivity index (χ0n) is 8.40. The summed E-state index contributed by atoms with van der Waals surface area (Å²) < 4.78 is 0. The molecule has 1 amide bonds. The molecule has 1 unspecified atom stereocenters. The number of aliphatic hydroxyl groups is 1. The number of carbonyl (C=O) groups excluding carboxylic acids is 2. The SMILES string of the molecule is CC(=O)CC(=O)NCC(O)c1ccsc1.